The minimum Gasteiger partial charge on any atom is -0.406 e. The Morgan fingerprint density at radius 1 is 1.16 bits per heavy atom. The Kier molecular flexibility index (Phi) is 5.68. The highest BCUT2D eigenvalue weighted by Crippen LogP contribution is 2.28. The third kappa shape index (κ3) is 4.47. The zero-order valence-corrected chi connectivity index (χ0v) is 17.8. The highest BCUT2D eigenvalue weighted by molar-refractivity contribution is 9.10. The van der Waals surface area contributed by atoms with Crippen LogP contribution in [0, 0.1) is 0 Å². The van der Waals surface area contributed by atoms with Crippen LogP contribution in [-0.2, 0) is 9.59 Å². The number of carbonyl (C=O) groups is 3. The van der Waals surface area contributed by atoms with Crippen LogP contribution in [0.2, 0.25) is 0 Å². The number of nitrogens with one attached hydrogen (secondary N) is 2. The summed E-state index contributed by atoms with van der Waals surface area (Å²) in [6.07, 6.45) is -3.13. The van der Waals surface area contributed by atoms with Gasteiger partial charge in [0.15, 0.2) is 0 Å². The Hall–Kier alpha value is -3.34. The van der Waals surface area contributed by atoms with Gasteiger partial charge in [0.1, 0.15) is 11.8 Å². The number of fused-ring (bicyclic) bond motifs is 1. The molecule has 2 heterocycles. The van der Waals surface area contributed by atoms with Gasteiger partial charge in [-0.1, -0.05) is 15.9 Å². The second-order valence-electron chi connectivity index (χ2n) is 7.07. The Bertz CT molecular complexity index is 1210. The van der Waals surface area contributed by atoms with E-state index < -0.39 is 35.8 Å². The smallest absolute Gasteiger partial charge is 0.406 e. The first kappa shape index (κ1) is 21.9. The van der Waals surface area contributed by atoms with Gasteiger partial charge in [-0.05, 0) is 48.9 Å². The first-order valence-electron chi connectivity index (χ1n) is 9.41. The molecule has 1 fully saturated rings. The van der Waals surface area contributed by atoms with Crippen molar-refractivity contribution in [3.8, 4) is 5.75 Å². The number of carbonyl (C=O) groups excluding carboxylic acids is 3. The first-order chi connectivity index (χ1) is 15.1. The molecule has 1 aromatic heterocycles. The second-order valence-corrected chi connectivity index (χ2v) is 7.98. The lowest BCUT2D eigenvalue weighted by atomic mass is 10.1. The molecular formula is C21H15BrF3N3O4. The Balaban J connectivity index is 1.43. The third-order valence-corrected chi connectivity index (χ3v) is 5.48. The fourth-order valence-corrected chi connectivity index (χ4v) is 3.89. The summed E-state index contributed by atoms with van der Waals surface area (Å²) >= 11 is 3.32. The van der Waals surface area contributed by atoms with Crippen LogP contribution < -0.4 is 15.0 Å². The summed E-state index contributed by atoms with van der Waals surface area (Å²) in [4.78, 5) is 42.1. The van der Waals surface area contributed by atoms with Gasteiger partial charge in [-0.15, -0.1) is 13.2 Å². The van der Waals surface area contributed by atoms with E-state index in [1.165, 1.54) is 23.2 Å². The lowest BCUT2D eigenvalue weighted by Gasteiger charge is -2.18. The molecule has 32 heavy (non-hydrogen) atoms. The van der Waals surface area contributed by atoms with E-state index in [2.05, 4.69) is 31.0 Å². The van der Waals surface area contributed by atoms with Crippen LogP contribution in [0.25, 0.3) is 10.9 Å². The summed E-state index contributed by atoms with van der Waals surface area (Å²) in [5.74, 6) is -2.57. The van der Waals surface area contributed by atoms with Gasteiger partial charge in [0, 0.05) is 33.8 Å². The number of benzene rings is 2. The maximum absolute atomic E-state index is 12.7. The lowest BCUT2D eigenvalue weighted by molar-refractivity contribution is -0.274. The summed E-state index contributed by atoms with van der Waals surface area (Å²) in [6, 6.07) is 9.17. The number of hydrogen-bond acceptors (Lipinski definition) is 4. The van der Waals surface area contributed by atoms with Gasteiger partial charge in [-0.3, -0.25) is 14.4 Å². The molecule has 11 heteroatoms. The van der Waals surface area contributed by atoms with E-state index in [9.17, 15) is 27.6 Å². The molecule has 4 rings (SSSR count). The van der Waals surface area contributed by atoms with Gasteiger partial charge in [0.2, 0.25) is 5.91 Å². The van der Waals surface area contributed by atoms with Gasteiger partial charge in [-0.2, -0.15) is 0 Å². The van der Waals surface area contributed by atoms with Crippen LogP contribution in [0.15, 0.2) is 53.1 Å². The number of amides is 2. The number of rotatable bonds is 5. The molecule has 1 unspecified atom stereocenters. The molecule has 2 N–H and O–H groups in total. The Labute approximate surface area is 187 Å². The van der Waals surface area contributed by atoms with Gasteiger partial charge < -0.3 is 19.9 Å². The fourth-order valence-electron chi connectivity index (χ4n) is 3.52. The number of ether oxygens (including phenoxy) is 1. The minimum atomic E-state index is -4.81. The number of Topliss-reactive ketones (excluding diaryl/α,β-unsaturated/α-hetero) is 1. The molecular weight excluding hydrogens is 495 g/mol. The van der Waals surface area contributed by atoms with E-state index in [-0.39, 0.29) is 18.5 Å². The molecule has 0 radical (unpaired) electrons. The van der Waals surface area contributed by atoms with Crippen LogP contribution in [0.5, 0.6) is 5.75 Å². The van der Waals surface area contributed by atoms with Crippen molar-refractivity contribution in [2.45, 2.75) is 18.8 Å². The Morgan fingerprint density at radius 3 is 2.56 bits per heavy atom. The number of halogens is 4. The van der Waals surface area contributed by atoms with E-state index in [0.717, 1.165) is 16.6 Å². The van der Waals surface area contributed by atoms with Crippen molar-refractivity contribution in [1.29, 1.82) is 0 Å². The largest absolute Gasteiger partial charge is 0.573 e. The van der Waals surface area contributed by atoms with Crippen LogP contribution >= 0.6 is 15.9 Å². The molecule has 0 spiro atoms. The minimum absolute atomic E-state index is 0.182. The molecule has 2 amide bonds. The van der Waals surface area contributed by atoms with E-state index in [4.69, 9.17) is 0 Å². The first-order valence-corrected chi connectivity index (χ1v) is 10.2. The normalized spacial score (nSPS) is 16.4. The molecule has 0 saturated carbocycles. The zero-order valence-electron chi connectivity index (χ0n) is 16.2. The summed E-state index contributed by atoms with van der Waals surface area (Å²) < 4.78 is 41.4. The van der Waals surface area contributed by atoms with E-state index >= 15 is 0 Å². The van der Waals surface area contributed by atoms with Crippen molar-refractivity contribution in [3.05, 3.63) is 58.7 Å². The quantitative estimate of drug-likeness (QED) is 0.402. The molecule has 0 bridgehead atoms. The van der Waals surface area contributed by atoms with Crippen molar-refractivity contribution in [2.24, 2.45) is 0 Å². The van der Waals surface area contributed by atoms with Gasteiger partial charge in [0.25, 0.3) is 11.7 Å². The molecule has 1 saturated heterocycles. The van der Waals surface area contributed by atoms with Crippen molar-refractivity contribution in [3.63, 3.8) is 0 Å². The SMILES string of the molecule is O=C(NC1CCN(c2ccc(OC(F)(F)F)cc2)C1=O)C(=O)c1c[nH]c2ccc(Br)cc12. The molecule has 1 atom stereocenters. The van der Waals surface area contributed by atoms with E-state index in [0.29, 0.717) is 16.6 Å². The Morgan fingerprint density at radius 2 is 1.88 bits per heavy atom. The molecule has 7 nitrogen and oxygen atoms in total. The van der Waals surface area contributed by atoms with Crippen molar-refractivity contribution in [1.82, 2.24) is 10.3 Å². The standard InChI is InChI=1S/C21H15BrF3N3O4/c22-11-1-6-16-14(9-11)15(10-26-16)18(29)19(30)27-17-7-8-28(20(17)31)12-2-4-13(5-3-12)32-21(23,24)25/h1-6,9-10,17,26H,7-8H2,(H,27,30). The van der Waals surface area contributed by atoms with Gasteiger partial charge in [-0.25, -0.2) is 0 Å². The monoisotopic (exact) mass is 509 g/mol. The molecule has 0 aliphatic carbocycles. The van der Waals surface area contributed by atoms with Crippen molar-refractivity contribution >= 4 is 50.1 Å². The predicted molar refractivity (Wildman–Crippen MR) is 112 cm³/mol. The summed E-state index contributed by atoms with van der Waals surface area (Å²) in [6.45, 7) is 0.234. The maximum atomic E-state index is 12.7. The lowest BCUT2D eigenvalue weighted by Crippen LogP contribution is -2.44. The number of aromatic nitrogens is 1. The van der Waals surface area contributed by atoms with E-state index in [1.807, 2.05) is 0 Å². The topological polar surface area (TPSA) is 91.5 Å². The number of alkyl halides is 3. The number of nitrogens with zero attached hydrogens (tertiary/aromatic N) is 1. The second kappa shape index (κ2) is 8.30. The number of anilines is 1. The van der Waals surface area contributed by atoms with Crippen LogP contribution in [-0.4, -0.2) is 41.5 Å². The molecule has 3 aromatic rings. The van der Waals surface area contributed by atoms with Gasteiger partial charge >= 0.3 is 6.36 Å². The van der Waals surface area contributed by atoms with Crippen LogP contribution in [0.4, 0.5) is 18.9 Å². The summed E-state index contributed by atoms with van der Waals surface area (Å²) in [7, 11) is 0. The summed E-state index contributed by atoms with van der Waals surface area (Å²) in [5.41, 5.74) is 1.22. The number of H-pyrrole nitrogens is 1. The highest BCUT2D eigenvalue weighted by atomic mass is 79.9. The van der Waals surface area contributed by atoms with Crippen LogP contribution in [0.3, 0.4) is 0 Å². The van der Waals surface area contributed by atoms with Crippen molar-refractivity contribution in [2.75, 3.05) is 11.4 Å². The van der Waals surface area contributed by atoms with Crippen LogP contribution in [0.1, 0.15) is 16.8 Å². The third-order valence-electron chi connectivity index (χ3n) is 4.99. The highest BCUT2D eigenvalue weighted by Gasteiger charge is 2.36. The number of ketones is 1. The fraction of sp³-hybridized carbons (Fsp3) is 0.190. The average molecular weight is 510 g/mol. The molecule has 1 aliphatic heterocycles. The molecule has 2 aromatic carbocycles. The number of aromatic amines is 1. The van der Waals surface area contributed by atoms with E-state index in [1.54, 1.807) is 18.2 Å². The summed E-state index contributed by atoms with van der Waals surface area (Å²) in [5, 5.41) is 3.03. The predicted octanol–water partition coefficient (Wildman–Crippen LogP) is 3.93. The zero-order chi connectivity index (χ0) is 23.0. The number of hydrogen-bond donors (Lipinski definition) is 2. The van der Waals surface area contributed by atoms with Crippen molar-refractivity contribution < 1.29 is 32.3 Å². The maximum Gasteiger partial charge on any atom is 0.573 e. The molecule has 1 aliphatic rings. The van der Waals surface area contributed by atoms with Gasteiger partial charge in [0.05, 0.1) is 5.56 Å². The molecule has 166 valence electrons. The average Bonchev–Trinajstić information content (AvgIpc) is 3.30.